The Morgan fingerprint density at radius 1 is 1.19 bits per heavy atom. The lowest BCUT2D eigenvalue weighted by Crippen LogP contribution is -2.31. The molecule has 3 heterocycles. The topological polar surface area (TPSA) is 52.2 Å². The summed E-state index contributed by atoms with van der Waals surface area (Å²) in [5, 5.41) is 7.86. The van der Waals surface area contributed by atoms with Crippen molar-refractivity contribution < 1.29 is 9.18 Å². The number of carbonyl (C=O) groups excluding carboxylic acids is 1. The van der Waals surface area contributed by atoms with E-state index in [9.17, 15) is 9.18 Å². The summed E-state index contributed by atoms with van der Waals surface area (Å²) < 4.78 is 13.4. The second-order valence-electron chi connectivity index (χ2n) is 8.38. The second kappa shape index (κ2) is 8.44. The van der Waals surface area contributed by atoms with Gasteiger partial charge < -0.3 is 4.90 Å². The molecule has 5 nitrogen and oxygen atoms in total. The Balaban J connectivity index is 1.29. The first-order valence-electron chi connectivity index (χ1n) is 10.6. The third-order valence-electron chi connectivity index (χ3n) is 6.32. The van der Waals surface area contributed by atoms with Crippen LogP contribution in [-0.4, -0.2) is 45.5 Å². The predicted octanol–water partition coefficient (Wildman–Crippen LogP) is 4.39. The third-order valence-corrected chi connectivity index (χ3v) is 6.61. The van der Waals surface area contributed by atoms with E-state index < -0.39 is 5.82 Å². The maximum absolute atomic E-state index is 13.4. The SMILES string of the molecule is O=C(c1ccc(F)c(Cl)c1)N1CCC(c2n[nH]c3c2CN(Cc2ccccc2)CC3)C1. The Kier molecular flexibility index (Phi) is 5.50. The van der Waals surface area contributed by atoms with Crippen molar-refractivity contribution in [3.8, 4) is 0 Å². The van der Waals surface area contributed by atoms with Crippen LogP contribution in [0.2, 0.25) is 5.02 Å². The number of aromatic nitrogens is 2. The average Bonchev–Trinajstić information content (AvgIpc) is 3.43. The fraction of sp³-hybridized carbons (Fsp3) is 0.333. The summed E-state index contributed by atoms with van der Waals surface area (Å²) in [6.07, 6.45) is 1.83. The molecule has 1 unspecified atom stereocenters. The van der Waals surface area contributed by atoms with Gasteiger partial charge in [0.15, 0.2) is 0 Å². The van der Waals surface area contributed by atoms with E-state index in [2.05, 4.69) is 39.4 Å². The van der Waals surface area contributed by atoms with Gasteiger partial charge in [0.25, 0.3) is 5.91 Å². The summed E-state index contributed by atoms with van der Waals surface area (Å²) in [7, 11) is 0. The molecule has 0 spiro atoms. The molecule has 2 aromatic carbocycles. The van der Waals surface area contributed by atoms with Crippen LogP contribution in [0.25, 0.3) is 0 Å². The van der Waals surface area contributed by atoms with E-state index in [1.165, 1.54) is 35.0 Å². The second-order valence-corrected chi connectivity index (χ2v) is 8.79. The number of benzene rings is 2. The van der Waals surface area contributed by atoms with Gasteiger partial charge in [0.2, 0.25) is 0 Å². The van der Waals surface area contributed by atoms with Gasteiger partial charge in [0, 0.05) is 61.9 Å². The highest BCUT2D eigenvalue weighted by atomic mass is 35.5. The minimum absolute atomic E-state index is 0.0264. The lowest BCUT2D eigenvalue weighted by atomic mass is 9.96. The molecule has 0 saturated carbocycles. The van der Waals surface area contributed by atoms with Crippen molar-refractivity contribution in [1.82, 2.24) is 20.0 Å². The molecule has 31 heavy (non-hydrogen) atoms. The summed E-state index contributed by atoms with van der Waals surface area (Å²) in [5.41, 5.74) is 5.32. The number of nitrogens with one attached hydrogen (secondary N) is 1. The van der Waals surface area contributed by atoms with Crippen LogP contribution in [0.1, 0.15) is 45.2 Å². The van der Waals surface area contributed by atoms with Gasteiger partial charge in [-0.1, -0.05) is 41.9 Å². The van der Waals surface area contributed by atoms with Crippen molar-refractivity contribution >= 4 is 17.5 Å². The Morgan fingerprint density at radius 3 is 2.84 bits per heavy atom. The van der Waals surface area contributed by atoms with Gasteiger partial charge >= 0.3 is 0 Å². The normalized spacial score (nSPS) is 18.9. The zero-order valence-electron chi connectivity index (χ0n) is 17.2. The zero-order valence-corrected chi connectivity index (χ0v) is 17.9. The summed E-state index contributed by atoms with van der Waals surface area (Å²) in [6.45, 7) is 4.07. The minimum Gasteiger partial charge on any atom is -0.338 e. The van der Waals surface area contributed by atoms with Crippen molar-refractivity contribution in [2.45, 2.75) is 31.8 Å². The first kappa shape index (κ1) is 20.2. The molecule has 1 fully saturated rings. The van der Waals surface area contributed by atoms with E-state index in [1.54, 1.807) is 0 Å². The highest BCUT2D eigenvalue weighted by Crippen LogP contribution is 2.33. The van der Waals surface area contributed by atoms with Gasteiger partial charge in [-0.25, -0.2) is 4.39 Å². The molecule has 3 aromatic rings. The highest BCUT2D eigenvalue weighted by Gasteiger charge is 2.33. The highest BCUT2D eigenvalue weighted by molar-refractivity contribution is 6.31. The fourth-order valence-electron chi connectivity index (χ4n) is 4.67. The Labute approximate surface area is 185 Å². The molecule has 7 heteroatoms. The first-order valence-corrected chi connectivity index (χ1v) is 11.0. The molecule has 0 bridgehead atoms. The minimum atomic E-state index is -0.513. The van der Waals surface area contributed by atoms with Crippen LogP contribution in [0, 0.1) is 5.82 Å². The summed E-state index contributed by atoms with van der Waals surface area (Å²) in [5.74, 6) is -0.420. The molecule has 2 aliphatic heterocycles. The number of likely N-dealkylation sites (tertiary alicyclic amines) is 1. The zero-order chi connectivity index (χ0) is 21.4. The molecule has 0 aliphatic carbocycles. The lowest BCUT2D eigenvalue weighted by molar-refractivity contribution is 0.0790. The number of hydrogen-bond donors (Lipinski definition) is 1. The van der Waals surface area contributed by atoms with Crippen LogP contribution >= 0.6 is 11.6 Å². The quantitative estimate of drug-likeness (QED) is 0.657. The number of H-pyrrole nitrogens is 1. The smallest absolute Gasteiger partial charge is 0.253 e. The number of carbonyl (C=O) groups is 1. The standard InChI is InChI=1S/C24H24ClFN4O/c25-20-12-17(6-7-21(20)26)24(31)30-11-8-18(14-30)23-19-15-29(10-9-22(19)27-28-23)13-16-4-2-1-3-5-16/h1-7,12,18H,8-11,13-15H2,(H,27,28). The van der Waals surface area contributed by atoms with Crippen molar-refractivity contribution in [1.29, 1.82) is 0 Å². The number of fused-ring (bicyclic) bond motifs is 1. The van der Waals surface area contributed by atoms with Gasteiger partial charge in [0.05, 0.1) is 10.7 Å². The van der Waals surface area contributed by atoms with E-state index in [0.717, 1.165) is 38.2 Å². The Bertz CT molecular complexity index is 1100. The summed E-state index contributed by atoms with van der Waals surface area (Å²) in [6, 6.07) is 14.7. The van der Waals surface area contributed by atoms with E-state index in [-0.39, 0.29) is 16.8 Å². The number of halogens is 2. The van der Waals surface area contributed by atoms with Crippen LogP contribution in [0.5, 0.6) is 0 Å². The van der Waals surface area contributed by atoms with Crippen LogP contribution < -0.4 is 0 Å². The van der Waals surface area contributed by atoms with Crippen molar-refractivity contribution in [3.05, 3.63) is 87.4 Å². The number of hydrogen-bond acceptors (Lipinski definition) is 3. The Morgan fingerprint density at radius 2 is 2.03 bits per heavy atom. The van der Waals surface area contributed by atoms with Crippen LogP contribution in [0.15, 0.2) is 48.5 Å². The molecule has 1 amide bonds. The molecule has 1 aromatic heterocycles. The monoisotopic (exact) mass is 438 g/mol. The van der Waals surface area contributed by atoms with Crippen LogP contribution in [0.3, 0.4) is 0 Å². The largest absolute Gasteiger partial charge is 0.338 e. The molecular formula is C24H24ClFN4O. The number of aromatic amines is 1. The number of amides is 1. The van der Waals surface area contributed by atoms with E-state index >= 15 is 0 Å². The number of rotatable bonds is 4. The molecule has 1 atom stereocenters. The van der Waals surface area contributed by atoms with Crippen molar-refractivity contribution in [3.63, 3.8) is 0 Å². The van der Waals surface area contributed by atoms with E-state index in [0.29, 0.717) is 18.7 Å². The maximum atomic E-state index is 13.4. The fourth-order valence-corrected chi connectivity index (χ4v) is 4.85. The molecule has 1 N–H and O–H groups in total. The third kappa shape index (κ3) is 4.10. The van der Waals surface area contributed by atoms with Gasteiger partial charge in [-0.2, -0.15) is 5.10 Å². The first-order chi connectivity index (χ1) is 15.1. The van der Waals surface area contributed by atoms with Crippen molar-refractivity contribution in [2.24, 2.45) is 0 Å². The predicted molar refractivity (Wildman–Crippen MR) is 118 cm³/mol. The molecule has 1 saturated heterocycles. The summed E-state index contributed by atoms with van der Waals surface area (Å²) in [4.78, 5) is 17.2. The van der Waals surface area contributed by atoms with Crippen LogP contribution in [0.4, 0.5) is 4.39 Å². The van der Waals surface area contributed by atoms with Crippen molar-refractivity contribution in [2.75, 3.05) is 19.6 Å². The number of nitrogens with zero attached hydrogens (tertiary/aromatic N) is 3. The van der Waals surface area contributed by atoms with Gasteiger partial charge in [-0.3, -0.25) is 14.8 Å². The maximum Gasteiger partial charge on any atom is 0.253 e. The summed E-state index contributed by atoms with van der Waals surface area (Å²) >= 11 is 5.86. The molecule has 5 rings (SSSR count). The van der Waals surface area contributed by atoms with Gasteiger partial charge in [-0.05, 0) is 30.2 Å². The van der Waals surface area contributed by atoms with Gasteiger partial charge in [0.1, 0.15) is 5.82 Å². The molecule has 160 valence electrons. The lowest BCUT2D eigenvalue weighted by Gasteiger charge is -2.27. The molecular weight excluding hydrogens is 415 g/mol. The Hall–Kier alpha value is -2.70. The van der Waals surface area contributed by atoms with E-state index in [4.69, 9.17) is 11.6 Å². The molecule has 2 aliphatic rings. The van der Waals surface area contributed by atoms with Gasteiger partial charge in [-0.15, -0.1) is 0 Å². The van der Waals surface area contributed by atoms with E-state index in [1.807, 2.05) is 11.0 Å². The molecule has 0 radical (unpaired) electrons. The average molecular weight is 439 g/mol. The van der Waals surface area contributed by atoms with Crippen LogP contribution in [-0.2, 0) is 19.5 Å².